The fourth-order valence-corrected chi connectivity index (χ4v) is 2.74. The Morgan fingerprint density at radius 2 is 2.33 bits per heavy atom. The van der Waals surface area contributed by atoms with Crippen LogP contribution in [0.4, 0.5) is 0 Å². The predicted octanol–water partition coefficient (Wildman–Crippen LogP) is 2.54. The van der Waals surface area contributed by atoms with E-state index in [1.165, 1.54) is 4.91 Å². The molecular weight excluding hydrogens is 168 g/mol. The molecule has 1 unspecified atom stereocenters. The van der Waals surface area contributed by atoms with Gasteiger partial charge in [-0.1, -0.05) is 12.2 Å². The molecule has 1 aliphatic heterocycles. The van der Waals surface area contributed by atoms with Crippen molar-refractivity contribution >= 4 is 17.5 Å². The lowest BCUT2D eigenvalue weighted by Crippen LogP contribution is -2.25. The van der Waals surface area contributed by atoms with Crippen molar-refractivity contribution in [3.8, 4) is 0 Å². The Labute approximate surface area is 76.9 Å². The van der Waals surface area contributed by atoms with Gasteiger partial charge < -0.3 is 0 Å². The average molecular weight is 180 g/mol. The summed E-state index contributed by atoms with van der Waals surface area (Å²) >= 11 is 1.83. The normalized spacial score (nSPS) is 28.1. The van der Waals surface area contributed by atoms with Crippen LogP contribution in [0.3, 0.4) is 0 Å². The number of carbonyl (C=O) groups is 1. The highest BCUT2D eigenvalue weighted by atomic mass is 32.2. The molecule has 0 radical (unpaired) electrons. The summed E-state index contributed by atoms with van der Waals surface area (Å²) in [5.41, 5.74) is 2.26. The van der Waals surface area contributed by atoms with Gasteiger partial charge in [-0.05, 0) is 24.2 Å². The third-order valence-electron chi connectivity index (χ3n) is 2.62. The zero-order chi connectivity index (χ0) is 8.72. The van der Waals surface area contributed by atoms with E-state index in [0.717, 1.165) is 23.3 Å². The number of carbonyl (C=O) groups excluding carboxylic acids is 1. The van der Waals surface area contributed by atoms with Crippen molar-refractivity contribution < 1.29 is 4.79 Å². The molecule has 1 aliphatic carbocycles. The molecule has 2 heteroatoms. The SMILES string of the molecule is C=C(C)C1CC(=O)C2=C(C1)SC2. The lowest BCUT2D eigenvalue weighted by atomic mass is 9.84. The molecule has 0 N–H and O–H groups in total. The minimum absolute atomic E-state index is 0.364. The number of allylic oxidation sites excluding steroid dienone is 2. The Hall–Kier alpha value is -0.500. The van der Waals surface area contributed by atoms with Gasteiger partial charge in [0.25, 0.3) is 0 Å². The fourth-order valence-electron chi connectivity index (χ4n) is 1.66. The Bertz CT molecular complexity index is 288. The van der Waals surface area contributed by atoms with E-state index in [9.17, 15) is 4.79 Å². The van der Waals surface area contributed by atoms with Crippen molar-refractivity contribution in [2.45, 2.75) is 19.8 Å². The summed E-state index contributed by atoms with van der Waals surface area (Å²) in [7, 11) is 0. The van der Waals surface area contributed by atoms with E-state index in [0.29, 0.717) is 18.1 Å². The van der Waals surface area contributed by atoms with E-state index in [1.54, 1.807) is 0 Å². The van der Waals surface area contributed by atoms with Crippen LogP contribution in [0, 0.1) is 5.92 Å². The molecule has 0 aromatic heterocycles. The summed E-state index contributed by atoms with van der Waals surface area (Å²) in [5.74, 6) is 1.74. The van der Waals surface area contributed by atoms with E-state index in [1.807, 2.05) is 18.7 Å². The number of rotatable bonds is 1. The van der Waals surface area contributed by atoms with Gasteiger partial charge in [0.05, 0.1) is 0 Å². The van der Waals surface area contributed by atoms with E-state index >= 15 is 0 Å². The molecule has 2 aliphatic rings. The number of ketones is 1. The quantitative estimate of drug-likeness (QED) is 0.577. The standard InChI is InChI=1S/C10H12OS/c1-6(2)7-3-9(11)8-5-12-10(8)4-7/h7H,1,3-5H2,2H3. The van der Waals surface area contributed by atoms with Gasteiger partial charge in [-0.2, -0.15) is 0 Å². The maximum atomic E-state index is 11.5. The lowest BCUT2D eigenvalue weighted by Gasteiger charge is -2.31. The minimum atomic E-state index is 0.364. The predicted molar refractivity (Wildman–Crippen MR) is 52.0 cm³/mol. The van der Waals surface area contributed by atoms with Crippen LogP contribution >= 0.6 is 11.8 Å². The first-order chi connectivity index (χ1) is 5.68. The topological polar surface area (TPSA) is 17.1 Å². The van der Waals surface area contributed by atoms with Gasteiger partial charge in [0.15, 0.2) is 5.78 Å². The number of hydrogen-bond donors (Lipinski definition) is 0. The molecule has 0 saturated heterocycles. The summed E-state index contributed by atoms with van der Waals surface area (Å²) in [6, 6.07) is 0. The van der Waals surface area contributed by atoms with Gasteiger partial charge in [-0.3, -0.25) is 4.79 Å². The van der Waals surface area contributed by atoms with Crippen LogP contribution in [-0.4, -0.2) is 11.5 Å². The van der Waals surface area contributed by atoms with Crippen LogP contribution in [0.2, 0.25) is 0 Å². The fraction of sp³-hybridized carbons (Fsp3) is 0.500. The molecule has 0 aromatic carbocycles. The minimum Gasteiger partial charge on any atom is -0.294 e. The zero-order valence-electron chi connectivity index (χ0n) is 7.22. The second-order valence-corrected chi connectivity index (χ2v) is 4.64. The Morgan fingerprint density at radius 1 is 1.58 bits per heavy atom. The summed E-state index contributed by atoms with van der Waals surface area (Å²) in [5, 5.41) is 0. The third-order valence-corrected chi connectivity index (χ3v) is 3.82. The van der Waals surface area contributed by atoms with Crippen LogP contribution < -0.4 is 0 Å². The van der Waals surface area contributed by atoms with Crippen LogP contribution in [0.1, 0.15) is 19.8 Å². The van der Waals surface area contributed by atoms with Crippen molar-refractivity contribution in [1.29, 1.82) is 0 Å². The summed E-state index contributed by atoms with van der Waals surface area (Å²) in [6.45, 7) is 5.93. The molecule has 64 valence electrons. The summed E-state index contributed by atoms with van der Waals surface area (Å²) in [4.78, 5) is 12.8. The van der Waals surface area contributed by atoms with Crippen molar-refractivity contribution in [2.24, 2.45) is 5.92 Å². The molecule has 0 fully saturated rings. The first-order valence-corrected chi connectivity index (χ1v) is 5.20. The second-order valence-electron chi connectivity index (χ2n) is 3.57. The maximum absolute atomic E-state index is 11.5. The van der Waals surface area contributed by atoms with Crippen molar-refractivity contribution in [3.05, 3.63) is 22.6 Å². The molecule has 2 rings (SSSR count). The smallest absolute Gasteiger partial charge is 0.161 e. The molecule has 1 nitrogen and oxygen atoms in total. The van der Waals surface area contributed by atoms with E-state index in [-0.39, 0.29) is 0 Å². The molecule has 1 atom stereocenters. The van der Waals surface area contributed by atoms with Crippen LogP contribution in [0.25, 0.3) is 0 Å². The van der Waals surface area contributed by atoms with Crippen LogP contribution in [-0.2, 0) is 4.79 Å². The van der Waals surface area contributed by atoms with Crippen molar-refractivity contribution in [3.63, 3.8) is 0 Å². The van der Waals surface area contributed by atoms with Crippen molar-refractivity contribution in [2.75, 3.05) is 5.75 Å². The summed E-state index contributed by atoms with van der Waals surface area (Å²) in [6.07, 6.45) is 1.77. The Kier molecular flexibility index (Phi) is 1.87. The highest BCUT2D eigenvalue weighted by molar-refractivity contribution is 8.04. The first-order valence-electron chi connectivity index (χ1n) is 4.22. The number of Topliss-reactive ketones (excluding diaryl/α,β-unsaturated/α-hetero) is 1. The Balaban J connectivity index is 2.20. The molecule has 12 heavy (non-hydrogen) atoms. The molecular formula is C10H12OS. The monoisotopic (exact) mass is 180 g/mol. The second kappa shape index (κ2) is 2.77. The molecule has 1 heterocycles. The number of thioether (sulfide) groups is 1. The third kappa shape index (κ3) is 1.14. The van der Waals surface area contributed by atoms with E-state index < -0.39 is 0 Å². The van der Waals surface area contributed by atoms with E-state index in [2.05, 4.69) is 6.58 Å². The van der Waals surface area contributed by atoms with Crippen molar-refractivity contribution in [1.82, 2.24) is 0 Å². The molecule has 0 saturated carbocycles. The van der Waals surface area contributed by atoms with Gasteiger partial charge in [-0.15, -0.1) is 11.8 Å². The highest BCUT2D eigenvalue weighted by Gasteiger charge is 2.32. The number of hydrogen-bond acceptors (Lipinski definition) is 2. The lowest BCUT2D eigenvalue weighted by molar-refractivity contribution is -0.116. The van der Waals surface area contributed by atoms with Gasteiger partial charge >= 0.3 is 0 Å². The van der Waals surface area contributed by atoms with Crippen LogP contribution in [0.15, 0.2) is 22.6 Å². The molecule has 0 spiro atoms. The highest BCUT2D eigenvalue weighted by Crippen LogP contribution is 2.44. The Morgan fingerprint density at radius 3 is 2.75 bits per heavy atom. The zero-order valence-corrected chi connectivity index (χ0v) is 8.04. The van der Waals surface area contributed by atoms with Gasteiger partial charge in [-0.25, -0.2) is 0 Å². The first kappa shape index (κ1) is 8.11. The molecule has 0 bridgehead atoms. The van der Waals surface area contributed by atoms with Gasteiger partial charge in [0.1, 0.15) is 0 Å². The molecule has 0 aromatic rings. The summed E-state index contributed by atoms with van der Waals surface area (Å²) < 4.78 is 0. The van der Waals surface area contributed by atoms with Crippen LogP contribution in [0.5, 0.6) is 0 Å². The molecule has 0 amide bonds. The average Bonchev–Trinajstić information content (AvgIpc) is 1.92. The maximum Gasteiger partial charge on any atom is 0.161 e. The van der Waals surface area contributed by atoms with Gasteiger partial charge in [0.2, 0.25) is 0 Å². The largest absolute Gasteiger partial charge is 0.294 e. The van der Waals surface area contributed by atoms with E-state index in [4.69, 9.17) is 0 Å². The van der Waals surface area contributed by atoms with Gasteiger partial charge in [0, 0.05) is 17.7 Å².